The van der Waals surface area contributed by atoms with Gasteiger partial charge in [-0.3, -0.25) is 4.79 Å². The second-order valence-electron chi connectivity index (χ2n) is 5.02. The SMILES string of the molecule is CC(C)(C)NC(=O)CCNc1ccc(C#N)cn1. The predicted molar refractivity (Wildman–Crippen MR) is 70.0 cm³/mol. The zero-order valence-electron chi connectivity index (χ0n) is 10.9. The highest BCUT2D eigenvalue weighted by Gasteiger charge is 2.12. The van der Waals surface area contributed by atoms with Crippen LogP contribution in [-0.2, 0) is 4.79 Å². The van der Waals surface area contributed by atoms with Crippen LogP contribution >= 0.6 is 0 Å². The van der Waals surface area contributed by atoms with E-state index in [1.165, 1.54) is 6.20 Å². The van der Waals surface area contributed by atoms with Crippen LogP contribution in [0, 0.1) is 11.3 Å². The lowest BCUT2D eigenvalue weighted by molar-refractivity contribution is -0.122. The van der Waals surface area contributed by atoms with Crippen LogP contribution in [0.3, 0.4) is 0 Å². The van der Waals surface area contributed by atoms with Crippen LogP contribution < -0.4 is 10.6 Å². The molecule has 18 heavy (non-hydrogen) atoms. The molecular weight excluding hydrogens is 228 g/mol. The molecule has 1 heterocycles. The number of aromatic nitrogens is 1. The number of anilines is 1. The molecule has 0 radical (unpaired) electrons. The van der Waals surface area contributed by atoms with E-state index in [1.807, 2.05) is 26.8 Å². The van der Waals surface area contributed by atoms with E-state index in [2.05, 4.69) is 15.6 Å². The van der Waals surface area contributed by atoms with Gasteiger partial charge in [0, 0.05) is 24.7 Å². The van der Waals surface area contributed by atoms with E-state index in [9.17, 15) is 4.79 Å². The molecule has 0 aromatic carbocycles. The predicted octanol–water partition coefficient (Wildman–Crippen LogP) is 1.67. The average molecular weight is 246 g/mol. The van der Waals surface area contributed by atoms with Crippen LogP contribution in [0.5, 0.6) is 0 Å². The Morgan fingerprint density at radius 1 is 1.44 bits per heavy atom. The zero-order valence-corrected chi connectivity index (χ0v) is 10.9. The summed E-state index contributed by atoms with van der Waals surface area (Å²) in [7, 11) is 0. The highest BCUT2D eigenvalue weighted by atomic mass is 16.1. The zero-order chi connectivity index (χ0) is 13.6. The fraction of sp³-hybridized carbons (Fsp3) is 0.462. The van der Waals surface area contributed by atoms with Crippen LogP contribution in [0.4, 0.5) is 5.82 Å². The molecule has 0 unspecified atom stereocenters. The lowest BCUT2D eigenvalue weighted by Crippen LogP contribution is -2.41. The van der Waals surface area contributed by atoms with Gasteiger partial charge in [-0.25, -0.2) is 4.98 Å². The Labute approximate surface area is 107 Å². The molecule has 5 nitrogen and oxygen atoms in total. The van der Waals surface area contributed by atoms with Gasteiger partial charge in [0.05, 0.1) is 5.56 Å². The van der Waals surface area contributed by atoms with Crippen molar-refractivity contribution in [3.8, 4) is 6.07 Å². The molecule has 0 saturated carbocycles. The summed E-state index contributed by atoms with van der Waals surface area (Å²) in [5.41, 5.74) is 0.315. The molecule has 0 bridgehead atoms. The third-order valence-electron chi connectivity index (χ3n) is 2.07. The van der Waals surface area contributed by atoms with Gasteiger partial charge in [0.25, 0.3) is 0 Å². The molecule has 96 valence electrons. The minimum Gasteiger partial charge on any atom is -0.370 e. The molecular formula is C13H18N4O. The summed E-state index contributed by atoms with van der Waals surface area (Å²) in [6.07, 6.45) is 1.89. The summed E-state index contributed by atoms with van der Waals surface area (Å²) in [6, 6.07) is 5.41. The summed E-state index contributed by atoms with van der Waals surface area (Å²) in [5, 5.41) is 14.5. The summed E-state index contributed by atoms with van der Waals surface area (Å²) in [6.45, 7) is 6.35. The molecule has 1 aromatic rings. The van der Waals surface area contributed by atoms with Crippen LogP contribution in [-0.4, -0.2) is 23.0 Å². The quantitative estimate of drug-likeness (QED) is 0.847. The van der Waals surface area contributed by atoms with Crippen molar-refractivity contribution < 1.29 is 4.79 Å². The van der Waals surface area contributed by atoms with E-state index in [4.69, 9.17) is 5.26 Å². The van der Waals surface area contributed by atoms with Crippen molar-refractivity contribution in [2.24, 2.45) is 0 Å². The second kappa shape index (κ2) is 6.01. The fourth-order valence-electron chi connectivity index (χ4n) is 1.35. The van der Waals surface area contributed by atoms with Gasteiger partial charge in [-0.15, -0.1) is 0 Å². The molecule has 1 amide bonds. The van der Waals surface area contributed by atoms with Crippen LogP contribution in [0.2, 0.25) is 0 Å². The van der Waals surface area contributed by atoms with Gasteiger partial charge in [-0.2, -0.15) is 5.26 Å². The maximum Gasteiger partial charge on any atom is 0.222 e. The summed E-state index contributed by atoms with van der Waals surface area (Å²) < 4.78 is 0. The van der Waals surface area contributed by atoms with Crippen molar-refractivity contribution in [1.82, 2.24) is 10.3 Å². The van der Waals surface area contributed by atoms with Gasteiger partial charge in [0.15, 0.2) is 0 Å². The van der Waals surface area contributed by atoms with Crippen molar-refractivity contribution in [3.05, 3.63) is 23.9 Å². The summed E-state index contributed by atoms with van der Waals surface area (Å²) in [5.74, 6) is 0.668. The molecule has 0 atom stereocenters. The Bertz CT molecular complexity index is 440. The minimum absolute atomic E-state index is 0.00338. The van der Waals surface area contributed by atoms with Crippen LogP contribution in [0.15, 0.2) is 18.3 Å². The molecule has 1 rings (SSSR count). The number of amides is 1. The number of nitrogens with one attached hydrogen (secondary N) is 2. The Hall–Kier alpha value is -2.09. The number of hydrogen-bond acceptors (Lipinski definition) is 4. The topological polar surface area (TPSA) is 77.8 Å². The third-order valence-corrected chi connectivity index (χ3v) is 2.07. The van der Waals surface area contributed by atoms with E-state index >= 15 is 0 Å². The smallest absolute Gasteiger partial charge is 0.222 e. The first kappa shape index (κ1) is 14.0. The first-order valence-electron chi connectivity index (χ1n) is 5.82. The fourth-order valence-corrected chi connectivity index (χ4v) is 1.35. The van der Waals surface area contributed by atoms with Crippen LogP contribution in [0.25, 0.3) is 0 Å². The van der Waals surface area contributed by atoms with Crippen molar-refractivity contribution in [1.29, 1.82) is 5.26 Å². The normalized spacial score (nSPS) is 10.6. The second-order valence-corrected chi connectivity index (χ2v) is 5.02. The monoisotopic (exact) mass is 246 g/mol. The average Bonchev–Trinajstić information content (AvgIpc) is 2.27. The minimum atomic E-state index is -0.205. The molecule has 0 aliphatic heterocycles. The van der Waals surface area contributed by atoms with Gasteiger partial charge in [0.2, 0.25) is 5.91 Å². The Balaban J connectivity index is 2.33. The van der Waals surface area contributed by atoms with E-state index in [1.54, 1.807) is 12.1 Å². The molecule has 0 fully saturated rings. The lowest BCUT2D eigenvalue weighted by Gasteiger charge is -2.20. The van der Waals surface area contributed by atoms with Gasteiger partial charge < -0.3 is 10.6 Å². The number of carbonyl (C=O) groups is 1. The third kappa shape index (κ3) is 5.30. The first-order chi connectivity index (χ1) is 8.40. The molecule has 2 N–H and O–H groups in total. The van der Waals surface area contributed by atoms with Gasteiger partial charge in [-0.1, -0.05) is 0 Å². The van der Waals surface area contributed by atoms with Crippen molar-refractivity contribution in [2.45, 2.75) is 32.7 Å². The maximum absolute atomic E-state index is 11.5. The Morgan fingerprint density at radius 3 is 2.67 bits per heavy atom. The number of pyridine rings is 1. The van der Waals surface area contributed by atoms with E-state index in [0.29, 0.717) is 24.3 Å². The van der Waals surface area contributed by atoms with Crippen molar-refractivity contribution in [2.75, 3.05) is 11.9 Å². The van der Waals surface area contributed by atoms with Crippen molar-refractivity contribution >= 4 is 11.7 Å². The molecule has 0 aliphatic carbocycles. The number of hydrogen-bond donors (Lipinski definition) is 2. The molecule has 0 spiro atoms. The Morgan fingerprint density at radius 2 is 2.17 bits per heavy atom. The van der Waals surface area contributed by atoms with E-state index < -0.39 is 0 Å². The van der Waals surface area contributed by atoms with Gasteiger partial charge in [-0.05, 0) is 32.9 Å². The number of rotatable bonds is 4. The number of carbonyl (C=O) groups excluding carboxylic acids is 1. The van der Waals surface area contributed by atoms with Gasteiger partial charge >= 0.3 is 0 Å². The molecule has 5 heteroatoms. The molecule has 1 aromatic heterocycles. The summed E-state index contributed by atoms with van der Waals surface area (Å²) in [4.78, 5) is 15.6. The van der Waals surface area contributed by atoms with Gasteiger partial charge in [0.1, 0.15) is 11.9 Å². The highest BCUT2D eigenvalue weighted by Crippen LogP contribution is 2.04. The largest absolute Gasteiger partial charge is 0.370 e. The highest BCUT2D eigenvalue weighted by molar-refractivity contribution is 5.77. The molecule has 0 saturated heterocycles. The lowest BCUT2D eigenvalue weighted by atomic mass is 10.1. The Kier molecular flexibility index (Phi) is 4.67. The van der Waals surface area contributed by atoms with Crippen LogP contribution in [0.1, 0.15) is 32.8 Å². The van der Waals surface area contributed by atoms with Crippen molar-refractivity contribution in [3.63, 3.8) is 0 Å². The first-order valence-corrected chi connectivity index (χ1v) is 5.82. The number of nitriles is 1. The van der Waals surface area contributed by atoms with E-state index in [-0.39, 0.29) is 11.4 Å². The van der Waals surface area contributed by atoms with E-state index in [0.717, 1.165) is 0 Å². The molecule has 0 aliphatic rings. The standard InChI is InChI=1S/C13H18N4O/c1-13(2,3)17-12(18)6-7-15-11-5-4-10(8-14)9-16-11/h4-5,9H,6-7H2,1-3H3,(H,15,16)(H,17,18). The number of nitrogens with zero attached hydrogens (tertiary/aromatic N) is 2. The summed E-state index contributed by atoms with van der Waals surface area (Å²) >= 11 is 0. The maximum atomic E-state index is 11.5.